The molecule has 1 heterocycles. The first-order valence-electron chi connectivity index (χ1n) is 2.12. The van der Waals surface area contributed by atoms with Crippen LogP contribution in [-0.2, 0) is 4.79 Å². The van der Waals surface area contributed by atoms with Gasteiger partial charge in [0.1, 0.15) is 6.29 Å². The van der Waals surface area contributed by atoms with E-state index in [1.807, 2.05) is 0 Å². The first kappa shape index (κ1) is 11.0. The standard InChI is InChI=1S/C4H7NO.Li.H2O.H/c6-3-4-1-2-5-4;;;/h3-5H,1-2H2;;1H2;. The second kappa shape index (κ2) is 5.33. The average Bonchev–Trinajstić information content (AvgIpc) is 1.31. The summed E-state index contributed by atoms with van der Waals surface area (Å²) in [5.74, 6) is 0. The van der Waals surface area contributed by atoms with Gasteiger partial charge in [0.15, 0.2) is 0 Å². The van der Waals surface area contributed by atoms with E-state index in [-0.39, 0.29) is 30.4 Å². The van der Waals surface area contributed by atoms with E-state index in [1.165, 1.54) is 0 Å². The van der Waals surface area contributed by atoms with E-state index in [0.29, 0.717) is 0 Å². The molecule has 8 heavy (non-hydrogen) atoms. The molecule has 44 valence electrons. The van der Waals surface area contributed by atoms with Crippen LogP contribution in [0.2, 0.25) is 0 Å². The number of carbonyl (C=O) groups is 1. The summed E-state index contributed by atoms with van der Waals surface area (Å²) in [5.41, 5.74) is 0. The summed E-state index contributed by atoms with van der Waals surface area (Å²) >= 11 is 0. The van der Waals surface area contributed by atoms with Crippen molar-refractivity contribution < 1.29 is 10.3 Å². The molecular formula is C4H10LiNO2. The Morgan fingerprint density at radius 2 is 2.12 bits per heavy atom. The van der Waals surface area contributed by atoms with Gasteiger partial charge in [0.25, 0.3) is 0 Å². The minimum atomic E-state index is 0. The zero-order valence-electron chi connectivity index (χ0n) is 3.98. The van der Waals surface area contributed by atoms with E-state index < -0.39 is 0 Å². The van der Waals surface area contributed by atoms with Gasteiger partial charge in [-0.05, 0) is 13.0 Å². The Balaban J connectivity index is 0. The zero-order chi connectivity index (χ0) is 4.41. The van der Waals surface area contributed by atoms with Crippen LogP contribution in [0.5, 0.6) is 0 Å². The molecule has 1 aliphatic heterocycles. The van der Waals surface area contributed by atoms with Crippen LogP contribution in [0.25, 0.3) is 0 Å². The maximum absolute atomic E-state index is 9.72. The third-order valence-corrected chi connectivity index (χ3v) is 1.03. The predicted molar refractivity (Wildman–Crippen MR) is 33.2 cm³/mol. The van der Waals surface area contributed by atoms with Crippen LogP contribution in [0.3, 0.4) is 0 Å². The fourth-order valence-electron chi connectivity index (χ4n) is 0.427. The molecule has 0 spiro atoms. The van der Waals surface area contributed by atoms with Gasteiger partial charge in [-0.3, -0.25) is 0 Å². The van der Waals surface area contributed by atoms with E-state index >= 15 is 0 Å². The number of nitrogens with one attached hydrogen (secondary N) is 1. The Morgan fingerprint density at radius 1 is 1.62 bits per heavy atom. The van der Waals surface area contributed by atoms with Crippen molar-refractivity contribution in [2.24, 2.45) is 0 Å². The molecule has 0 aromatic heterocycles. The van der Waals surface area contributed by atoms with Gasteiger partial charge in [0.05, 0.1) is 6.04 Å². The Hall–Kier alpha value is 0.187. The van der Waals surface area contributed by atoms with Crippen molar-refractivity contribution in [1.29, 1.82) is 0 Å². The quantitative estimate of drug-likeness (QED) is 0.316. The van der Waals surface area contributed by atoms with E-state index in [0.717, 1.165) is 19.3 Å². The van der Waals surface area contributed by atoms with Crippen molar-refractivity contribution in [2.75, 3.05) is 6.54 Å². The van der Waals surface area contributed by atoms with Gasteiger partial charge in [-0.25, -0.2) is 0 Å². The number of aldehydes is 1. The van der Waals surface area contributed by atoms with Crippen LogP contribution in [0.15, 0.2) is 0 Å². The van der Waals surface area contributed by atoms with Crippen molar-refractivity contribution in [3.63, 3.8) is 0 Å². The SMILES string of the molecule is O.O=CC1CCN1.[LiH]. The van der Waals surface area contributed by atoms with E-state index in [4.69, 9.17) is 0 Å². The number of hydrogen-bond donors (Lipinski definition) is 1. The molecule has 0 radical (unpaired) electrons. The molecule has 4 heteroatoms. The summed E-state index contributed by atoms with van der Waals surface area (Å²) in [6, 6.07) is 0.185. The molecule has 1 aliphatic rings. The van der Waals surface area contributed by atoms with Crippen LogP contribution >= 0.6 is 0 Å². The summed E-state index contributed by atoms with van der Waals surface area (Å²) < 4.78 is 0. The summed E-state index contributed by atoms with van der Waals surface area (Å²) in [6.45, 7) is 1.02. The van der Waals surface area contributed by atoms with Crippen LogP contribution in [-0.4, -0.2) is 43.2 Å². The Bertz CT molecular complexity index is 65.1. The van der Waals surface area contributed by atoms with Crippen molar-refractivity contribution in [3.05, 3.63) is 0 Å². The molecule has 0 saturated carbocycles. The van der Waals surface area contributed by atoms with Crippen molar-refractivity contribution in [1.82, 2.24) is 5.32 Å². The number of hydrogen-bond acceptors (Lipinski definition) is 2. The van der Waals surface area contributed by atoms with Gasteiger partial charge in [-0.15, -0.1) is 0 Å². The monoisotopic (exact) mass is 111 g/mol. The maximum atomic E-state index is 9.72. The molecule has 1 saturated heterocycles. The average molecular weight is 111 g/mol. The zero-order valence-corrected chi connectivity index (χ0v) is 3.98. The van der Waals surface area contributed by atoms with E-state index in [2.05, 4.69) is 5.32 Å². The summed E-state index contributed by atoms with van der Waals surface area (Å²) in [5, 5.41) is 2.93. The van der Waals surface area contributed by atoms with Crippen LogP contribution in [0.1, 0.15) is 6.42 Å². The number of rotatable bonds is 1. The molecule has 0 bridgehead atoms. The molecule has 0 aromatic rings. The van der Waals surface area contributed by atoms with E-state index in [1.54, 1.807) is 0 Å². The summed E-state index contributed by atoms with van der Waals surface area (Å²) in [6.07, 6.45) is 1.98. The molecular weight excluding hydrogens is 101 g/mol. The van der Waals surface area contributed by atoms with Crippen molar-refractivity contribution in [3.8, 4) is 0 Å². The topological polar surface area (TPSA) is 60.6 Å². The Morgan fingerprint density at radius 3 is 2.12 bits per heavy atom. The van der Waals surface area contributed by atoms with Crippen molar-refractivity contribution in [2.45, 2.75) is 12.5 Å². The van der Waals surface area contributed by atoms with Crippen LogP contribution in [0.4, 0.5) is 0 Å². The minimum absolute atomic E-state index is 0. The molecule has 0 amide bonds. The summed E-state index contributed by atoms with van der Waals surface area (Å²) in [7, 11) is 0. The third-order valence-electron chi connectivity index (χ3n) is 1.03. The van der Waals surface area contributed by atoms with Gasteiger partial charge in [0.2, 0.25) is 0 Å². The molecule has 3 N–H and O–H groups in total. The van der Waals surface area contributed by atoms with E-state index in [9.17, 15) is 4.79 Å². The number of carbonyl (C=O) groups excluding carboxylic acids is 1. The molecule has 1 unspecified atom stereocenters. The third kappa shape index (κ3) is 2.48. The molecule has 1 rings (SSSR count). The fourth-order valence-corrected chi connectivity index (χ4v) is 0.427. The molecule has 0 aromatic carbocycles. The molecule has 3 nitrogen and oxygen atoms in total. The second-order valence-electron chi connectivity index (χ2n) is 1.49. The van der Waals surface area contributed by atoms with Gasteiger partial charge < -0.3 is 15.6 Å². The predicted octanol–water partition coefficient (Wildman–Crippen LogP) is -1.93. The summed E-state index contributed by atoms with van der Waals surface area (Å²) in [4.78, 5) is 9.72. The fraction of sp³-hybridized carbons (Fsp3) is 0.750. The Kier molecular flexibility index (Phi) is 7.36. The first-order chi connectivity index (χ1) is 2.93. The first-order valence-corrected chi connectivity index (χ1v) is 2.12. The molecule has 1 atom stereocenters. The van der Waals surface area contributed by atoms with Gasteiger partial charge in [-0.1, -0.05) is 0 Å². The van der Waals surface area contributed by atoms with Gasteiger partial charge in [0, 0.05) is 0 Å². The van der Waals surface area contributed by atoms with Gasteiger partial charge in [-0.2, -0.15) is 0 Å². The van der Waals surface area contributed by atoms with Gasteiger partial charge >= 0.3 is 18.9 Å². The Labute approximate surface area is 60.3 Å². The molecule has 1 fully saturated rings. The van der Waals surface area contributed by atoms with Crippen LogP contribution < -0.4 is 5.32 Å². The molecule has 0 aliphatic carbocycles. The normalized spacial score (nSPS) is 23.8. The van der Waals surface area contributed by atoms with Crippen molar-refractivity contribution >= 4 is 25.1 Å². The second-order valence-corrected chi connectivity index (χ2v) is 1.49. The van der Waals surface area contributed by atoms with Crippen LogP contribution in [0, 0.1) is 0 Å².